The molecule has 0 aliphatic carbocycles. The van der Waals surface area contributed by atoms with Crippen LogP contribution in [0.5, 0.6) is 0 Å². The van der Waals surface area contributed by atoms with Crippen LogP contribution in [0.25, 0.3) is 11.0 Å². The van der Waals surface area contributed by atoms with E-state index in [1.165, 1.54) is 0 Å². The molecule has 0 amide bonds. The van der Waals surface area contributed by atoms with Gasteiger partial charge in [0.2, 0.25) is 0 Å². The van der Waals surface area contributed by atoms with Crippen LogP contribution in [0, 0.1) is 0 Å². The maximum absolute atomic E-state index is 4.55. The highest BCUT2D eigenvalue weighted by atomic mass is 32.2. The van der Waals surface area contributed by atoms with Crippen molar-refractivity contribution in [2.75, 3.05) is 24.2 Å². The Balaban J connectivity index is 2.60. The molecule has 0 atom stereocenters. The monoisotopic (exact) mass is 237 g/mol. The van der Waals surface area contributed by atoms with E-state index in [4.69, 9.17) is 0 Å². The number of thioether (sulfide) groups is 1. The van der Waals surface area contributed by atoms with Crippen molar-refractivity contribution in [1.29, 1.82) is 0 Å². The molecule has 16 heavy (non-hydrogen) atoms. The molecule has 2 rings (SSSR count). The fraction of sp³-hybridized carbons (Fsp3) is 0.500. The van der Waals surface area contributed by atoms with E-state index in [0.29, 0.717) is 0 Å². The third-order valence-electron chi connectivity index (χ3n) is 2.51. The van der Waals surface area contributed by atoms with E-state index in [9.17, 15) is 0 Å². The summed E-state index contributed by atoms with van der Waals surface area (Å²) in [6, 6.07) is 0. The zero-order valence-electron chi connectivity index (χ0n) is 9.69. The van der Waals surface area contributed by atoms with Crippen LogP contribution in [0.3, 0.4) is 0 Å². The molecule has 0 aromatic carbocycles. The lowest BCUT2D eigenvalue weighted by atomic mass is 10.3. The van der Waals surface area contributed by atoms with Crippen LogP contribution in [0.15, 0.2) is 11.4 Å². The molecule has 2 aromatic heterocycles. The minimum atomic E-state index is 0.777. The van der Waals surface area contributed by atoms with Gasteiger partial charge in [-0.05, 0) is 20.1 Å². The van der Waals surface area contributed by atoms with Crippen molar-refractivity contribution in [1.82, 2.24) is 20.2 Å². The quantitative estimate of drug-likeness (QED) is 0.650. The van der Waals surface area contributed by atoms with Gasteiger partial charge in [-0.3, -0.25) is 5.10 Å². The zero-order valence-corrected chi connectivity index (χ0v) is 10.5. The highest BCUT2D eigenvalue weighted by Gasteiger charge is 2.13. The zero-order chi connectivity index (χ0) is 11.5. The van der Waals surface area contributed by atoms with Gasteiger partial charge in [-0.2, -0.15) is 5.10 Å². The third kappa shape index (κ3) is 1.84. The second kappa shape index (κ2) is 4.69. The average Bonchev–Trinajstić information content (AvgIpc) is 2.78. The molecule has 0 saturated heterocycles. The Morgan fingerprint density at radius 1 is 1.31 bits per heavy atom. The number of hydrogen-bond acceptors (Lipinski definition) is 5. The van der Waals surface area contributed by atoms with Crippen molar-refractivity contribution >= 4 is 28.6 Å². The topological polar surface area (TPSA) is 57.7 Å². The fourth-order valence-corrected chi connectivity index (χ4v) is 2.02. The van der Waals surface area contributed by atoms with E-state index < -0.39 is 0 Å². The van der Waals surface area contributed by atoms with Crippen LogP contribution >= 0.6 is 11.8 Å². The molecule has 0 aliphatic rings. The summed E-state index contributed by atoms with van der Waals surface area (Å²) in [4.78, 5) is 11.1. The minimum absolute atomic E-state index is 0.777. The van der Waals surface area contributed by atoms with Gasteiger partial charge in [0.1, 0.15) is 5.82 Å². The average molecular weight is 237 g/mol. The summed E-state index contributed by atoms with van der Waals surface area (Å²) < 4.78 is 0. The van der Waals surface area contributed by atoms with Crippen molar-refractivity contribution in [3.05, 3.63) is 6.20 Å². The second-order valence-corrected chi connectivity index (χ2v) is 4.11. The lowest BCUT2D eigenvalue weighted by molar-refractivity contribution is 0.830. The molecule has 5 nitrogen and oxygen atoms in total. The first-order valence-corrected chi connectivity index (χ1v) is 6.52. The Labute approximate surface area is 98.7 Å². The highest BCUT2D eigenvalue weighted by molar-refractivity contribution is 7.98. The van der Waals surface area contributed by atoms with E-state index in [-0.39, 0.29) is 0 Å². The number of fused-ring (bicyclic) bond motifs is 1. The molecule has 0 spiro atoms. The summed E-state index contributed by atoms with van der Waals surface area (Å²) in [6.45, 7) is 6.11. The van der Waals surface area contributed by atoms with Crippen LogP contribution in [0.2, 0.25) is 0 Å². The van der Waals surface area contributed by atoms with Crippen LogP contribution in [0.1, 0.15) is 13.8 Å². The summed E-state index contributed by atoms with van der Waals surface area (Å²) in [5.41, 5.74) is 0.807. The van der Waals surface area contributed by atoms with Crippen molar-refractivity contribution in [2.24, 2.45) is 0 Å². The molecule has 1 N–H and O–H groups in total. The number of hydrogen-bond donors (Lipinski definition) is 1. The number of nitrogens with one attached hydrogen (secondary N) is 1. The first-order chi connectivity index (χ1) is 7.80. The first kappa shape index (κ1) is 11.2. The molecule has 0 fully saturated rings. The van der Waals surface area contributed by atoms with Gasteiger partial charge < -0.3 is 4.90 Å². The van der Waals surface area contributed by atoms with E-state index in [0.717, 1.165) is 35.1 Å². The standard InChI is InChI=1S/C10H15N5S/c1-4-15(5-2)9-7-6-11-14-8(7)12-10(13-9)16-3/h6H,4-5H2,1-3H3,(H,11,12,13,14). The minimum Gasteiger partial charge on any atom is -0.356 e. The Morgan fingerprint density at radius 2 is 2.06 bits per heavy atom. The maximum atomic E-state index is 4.55. The SMILES string of the molecule is CCN(CC)c1nc(SC)nc2[nH]ncc12. The predicted octanol–water partition coefficient (Wildman–Crippen LogP) is 1.92. The largest absolute Gasteiger partial charge is 0.356 e. The summed E-state index contributed by atoms with van der Waals surface area (Å²) in [6.07, 6.45) is 3.76. The lowest BCUT2D eigenvalue weighted by Gasteiger charge is -2.20. The van der Waals surface area contributed by atoms with E-state index in [1.807, 2.05) is 6.26 Å². The van der Waals surface area contributed by atoms with Gasteiger partial charge in [0.15, 0.2) is 10.8 Å². The van der Waals surface area contributed by atoms with Crippen molar-refractivity contribution < 1.29 is 0 Å². The molecule has 0 radical (unpaired) electrons. The number of anilines is 1. The van der Waals surface area contributed by atoms with Crippen molar-refractivity contribution in [3.8, 4) is 0 Å². The Bertz CT molecular complexity index is 477. The molecule has 2 heterocycles. The summed E-state index contributed by atoms with van der Waals surface area (Å²) in [5, 5.41) is 8.69. The van der Waals surface area contributed by atoms with Gasteiger partial charge in [-0.1, -0.05) is 11.8 Å². The smallest absolute Gasteiger partial charge is 0.191 e. The molecule has 2 aromatic rings. The first-order valence-electron chi connectivity index (χ1n) is 5.30. The van der Waals surface area contributed by atoms with Crippen LogP contribution in [-0.4, -0.2) is 39.5 Å². The summed E-state index contributed by atoms with van der Waals surface area (Å²) in [5.74, 6) is 0.966. The van der Waals surface area contributed by atoms with Gasteiger partial charge in [-0.15, -0.1) is 0 Å². The number of rotatable bonds is 4. The Morgan fingerprint density at radius 3 is 2.69 bits per heavy atom. The molecule has 86 valence electrons. The summed E-state index contributed by atoms with van der Waals surface area (Å²) >= 11 is 1.54. The van der Waals surface area contributed by atoms with Crippen LogP contribution in [0.4, 0.5) is 5.82 Å². The normalized spacial score (nSPS) is 10.9. The molecular weight excluding hydrogens is 222 g/mol. The Kier molecular flexibility index (Phi) is 3.28. The molecule has 0 bridgehead atoms. The van der Waals surface area contributed by atoms with E-state index in [1.54, 1.807) is 18.0 Å². The molecule has 0 saturated carbocycles. The number of aromatic amines is 1. The number of aromatic nitrogens is 4. The lowest BCUT2D eigenvalue weighted by Crippen LogP contribution is -2.23. The van der Waals surface area contributed by atoms with Gasteiger partial charge in [-0.25, -0.2) is 9.97 Å². The van der Waals surface area contributed by atoms with E-state index in [2.05, 4.69) is 38.9 Å². The van der Waals surface area contributed by atoms with Gasteiger partial charge in [0.05, 0.1) is 11.6 Å². The molecule has 6 heteroatoms. The van der Waals surface area contributed by atoms with Gasteiger partial charge >= 0.3 is 0 Å². The van der Waals surface area contributed by atoms with Crippen LogP contribution in [-0.2, 0) is 0 Å². The predicted molar refractivity (Wildman–Crippen MR) is 67.0 cm³/mol. The fourth-order valence-electron chi connectivity index (χ4n) is 1.66. The number of nitrogens with zero attached hydrogens (tertiary/aromatic N) is 4. The second-order valence-electron chi connectivity index (χ2n) is 3.34. The van der Waals surface area contributed by atoms with E-state index >= 15 is 0 Å². The van der Waals surface area contributed by atoms with Crippen molar-refractivity contribution in [2.45, 2.75) is 19.0 Å². The Hall–Kier alpha value is -1.30. The highest BCUT2D eigenvalue weighted by Crippen LogP contribution is 2.24. The van der Waals surface area contributed by atoms with Crippen LogP contribution < -0.4 is 4.90 Å². The molecule has 0 aliphatic heterocycles. The van der Waals surface area contributed by atoms with Gasteiger partial charge in [0, 0.05) is 13.1 Å². The maximum Gasteiger partial charge on any atom is 0.191 e. The van der Waals surface area contributed by atoms with Gasteiger partial charge in [0.25, 0.3) is 0 Å². The van der Waals surface area contributed by atoms with Crippen molar-refractivity contribution in [3.63, 3.8) is 0 Å². The molecule has 0 unspecified atom stereocenters. The molecular formula is C10H15N5S. The summed E-state index contributed by atoms with van der Waals surface area (Å²) in [7, 11) is 0. The number of H-pyrrole nitrogens is 1. The third-order valence-corrected chi connectivity index (χ3v) is 3.06.